The van der Waals surface area contributed by atoms with E-state index in [4.69, 9.17) is 0 Å². The summed E-state index contributed by atoms with van der Waals surface area (Å²) >= 11 is 0. The van der Waals surface area contributed by atoms with Gasteiger partial charge in [0.1, 0.15) is 0 Å². The van der Waals surface area contributed by atoms with Gasteiger partial charge < -0.3 is 10.6 Å². The molecule has 1 aliphatic rings. The first-order chi connectivity index (χ1) is 5.72. The molecule has 0 unspecified atom stereocenters. The fraction of sp³-hybridized carbons (Fsp3) is 0.857. The largest absolute Gasteiger partial charge is 0.354 e. The second-order valence-electron chi connectivity index (χ2n) is 2.76. The normalized spacial score (nSPS) is 18.2. The standard InChI is InChI=1S/C7H13F2N3/c1-10-7(11-4-6(8)9)12-5-2-3-5/h5-6H,2-4H2,1H3,(H2,10,11,12). The Hall–Kier alpha value is -0.870. The van der Waals surface area contributed by atoms with Crippen molar-refractivity contribution in [3.05, 3.63) is 0 Å². The first-order valence-electron chi connectivity index (χ1n) is 3.97. The maximum Gasteiger partial charge on any atom is 0.255 e. The van der Waals surface area contributed by atoms with E-state index in [1.54, 1.807) is 7.05 Å². The second-order valence-corrected chi connectivity index (χ2v) is 2.76. The van der Waals surface area contributed by atoms with Crippen LogP contribution < -0.4 is 10.6 Å². The lowest BCUT2D eigenvalue weighted by atomic mass is 10.6. The molecule has 1 aliphatic carbocycles. The molecule has 0 bridgehead atoms. The Bertz CT molecular complexity index is 166. The summed E-state index contributed by atoms with van der Waals surface area (Å²) in [5.74, 6) is 0.470. The lowest BCUT2D eigenvalue weighted by molar-refractivity contribution is 0.152. The molecule has 0 amide bonds. The second kappa shape index (κ2) is 4.23. The molecule has 0 heterocycles. The molecule has 12 heavy (non-hydrogen) atoms. The van der Waals surface area contributed by atoms with Crippen molar-refractivity contribution in [1.82, 2.24) is 10.6 Å². The Morgan fingerprint density at radius 3 is 2.67 bits per heavy atom. The van der Waals surface area contributed by atoms with E-state index < -0.39 is 6.43 Å². The third kappa shape index (κ3) is 3.50. The van der Waals surface area contributed by atoms with Crippen molar-refractivity contribution < 1.29 is 8.78 Å². The van der Waals surface area contributed by atoms with Gasteiger partial charge in [0.25, 0.3) is 6.43 Å². The summed E-state index contributed by atoms with van der Waals surface area (Å²) in [5, 5.41) is 5.53. The number of hydrogen-bond donors (Lipinski definition) is 2. The Labute approximate surface area is 70.2 Å². The van der Waals surface area contributed by atoms with Crippen molar-refractivity contribution in [3.8, 4) is 0 Å². The maximum atomic E-state index is 11.7. The Morgan fingerprint density at radius 2 is 2.25 bits per heavy atom. The van der Waals surface area contributed by atoms with Crippen LogP contribution in [0.15, 0.2) is 4.99 Å². The van der Waals surface area contributed by atoms with Crippen molar-refractivity contribution in [2.24, 2.45) is 4.99 Å². The highest BCUT2D eigenvalue weighted by molar-refractivity contribution is 5.80. The summed E-state index contributed by atoms with van der Waals surface area (Å²) in [6, 6.07) is 0.439. The highest BCUT2D eigenvalue weighted by Crippen LogP contribution is 2.18. The molecule has 0 spiro atoms. The monoisotopic (exact) mass is 177 g/mol. The zero-order valence-corrected chi connectivity index (χ0v) is 6.98. The van der Waals surface area contributed by atoms with Crippen LogP contribution >= 0.6 is 0 Å². The molecule has 1 saturated carbocycles. The van der Waals surface area contributed by atoms with Crippen LogP contribution in [-0.2, 0) is 0 Å². The van der Waals surface area contributed by atoms with Gasteiger partial charge in [-0.3, -0.25) is 4.99 Å². The fourth-order valence-corrected chi connectivity index (χ4v) is 0.789. The summed E-state index contributed by atoms with van der Waals surface area (Å²) in [5.41, 5.74) is 0. The van der Waals surface area contributed by atoms with Gasteiger partial charge in [0.2, 0.25) is 0 Å². The molecule has 70 valence electrons. The van der Waals surface area contributed by atoms with Crippen LogP contribution in [0.3, 0.4) is 0 Å². The molecule has 0 radical (unpaired) electrons. The number of halogens is 2. The molecule has 0 aliphatic heterocycles. The third-order valence-electron chi connectivity index (χ3n) is 1.57. The number of nitrogens with one attached hydrogen (secondary N) is 2. The summed E-state index contributed by atoms with van der Waals surface area (Å²) < 4.78 is 23.5. The number of rotatable bonds is 3. The first-order valence-corrected chi connectivity index (χ1v) is 3.97. The van der Waals surface area contributed by atoms with Gasteiger partial charge in [0.05, 0.1) is 6.54 Å². The molecular formula is C7H13F2N3. The molecule has 5 heteroatoms. The van der Waals surface area contributed by atoms with Crippen LogP contribution in [0.4, 0.5) is 8.78 Å². The fourth-order valence-electron chi connectivity index (χ4n) is 0.789. The molecule has 0 aromatic rings. The van der Waals surface area contributed by atoms with Gasteiger partial charge in [-0.1, -0.05) is 0 Å². The topological polar surface area (TPSA) is 36.4 Å². The number of alkyl halides is 2. The molecule has 3 nitrogen and oxygen atoms in total. The highest BCUT2D eigenvalue weighted by atomic mass is 19.3. The van der Waals surface area contributed by atoms with Crippen LogP contribution in [-0.4, -0.2) is 32.0 Å². The van der Waals surface area contributed by atoms with Gasteiger partial charge in [-0.05, 0) is 12.8 Å². The van der Waals surface area contributed by atoms with Crippen molar-refractivity contribution in [2.45, 2.75) is 25.3 Å². The van der Waals surface area contributed by atoms with Crippen molar-refractivity contribution >= 4 is 5.96 Å². The van der Waals surface area contributed by atoms with Gasteiger partial charge in [0.15, 0.2) is 5.96 Å². The molecule has 0 aromatic carbocycles. The molecular weight excluding hydrogens is 164 g/mol. The zero-order valence-electron chi connectivity index (χ0n) is 6.98. The van der Waals surface area contributed by atoms with E-state index in [1.165, 1.54) is 0 Å². The number of guanidine groups is 1. The number of hydrogen-bond acceptors (Lipinski definition) is 1. The third-order valence-corrected chi connectivity index (χ3v) is 1.57. The lowest BCUT2D eigenvalue weighted by Gasteiger charge is -2.09. The maximum absolute atomic E-state index is 11.7. The average Bonchev–Trinajstić information content (AvgIpc) is 2.81. The van der Waals surface area contributed by atoms with Crippen LogP contribution in [0, 0.1) is 0 Å². The van der Waals surface area contributed by atoms with Crippen LogP contribution in [0.2, 0.25) is 0 Å². The Kier molecular flexibility index (Phi) is 3.25. The minimum atomic E-state index is -2.33. The summed E-state index contributed by atoms with van der Waals surface area (Å²) in [4.78, 5) is 3.80. The van der Waals surface area contributed by atoms with Crippen molar-refractivity contribution in [1.29, 1.82) is 0 Å². The Balaban J connectivity index is 2.16. The molecule has 0 saturated heterocycles. The summed E-state index contributed by atoms with van der Waals surface area (Å²) in [7, 11) is 1.57. The zero-order chi connectivity index (χ0) is 8.97. The predicted molar refractivity (Wildman–Crippen MR) is 43.5 cm³/mol. The summed E-state index contributed by atoms with van der Waals surface area (Å²) in [6.07, 6.45) is -0.118. The van der Waals surface area contributed by atoms with Gasteiger partial charge in [0, 0.05) is 13.1 Å². The van der Waals surface area contributed by atoms with E-state index in [2.05, 4.69) is 15.6 Å². The highest BCUT2D eigenvalue weighted by Gasteiger charge is 2.22. The van der Waals surface area contributed by atoms with E-state index in [0.717, 1.165) is 12.8 Å². The van der Waals surface area contributed by atoms with Gasteiger partial charge in [-0.2, -0.15) is 0 Å². The predicted octanol–water partition coefficient (Wildman–Crippen LogP) is 0.579. The minimum absolute atomic E-state index is 0.341. The van der Waals surface area contributed by atoms with E-state index in [-0.39, 0.29) is 6.54 Å². The van der Waals surface area contributed by atoms with E-state index in [1.807, 2.05) is 0 Å². The van der Waals surface area contributed by atoms with Crippen LogP contribution in [0.25, 0.3) is 0 Å². The molecule has 0 aromatic heterocycles. The molecule has 1 rings (SSSR count). The Morgan fingerprint density at radius 1 is 1.58 bits per heavy atom. The first kappa shape index (κ1) is 9.22. The van der Waals surface area contributed by atoms with E-state index >= 15 is 0 Å². The number of nitrogens with zero attached hydrogens (tertiary/aromatic N) is 1. The minimum Gasteiger partial charge on any atom is -0.354 e. The molecule has 0 atom stereocenters. The number of aliphatic imine (C=N–C) groups is 1. The molecule has 2 N–H and O–H groups in total. The van der Waals surface area contributed by atoms with Crippen molar-refractivity contribution in [2.75, 3.05) is 13.6 Å². The van der Waals surface area contributed by atoms with Gasteiger partial charge in [-0.15, -0.1) is 0 Å². The van der Waals surface area contributed by atoms with Gasteiger partial charge in [-0.25, -0.2) is 8.78 Å². The van der Waals surface area contributed by atoms with E-state index in [0.29, 0.717) is 12.0 Å². The van der Waals surface area contributed by atoms with E-state index in [9.17, 15) is 8.78 Å². The molecule has 1 fully saturated rings. The van der Waals surface area contributed by atoms with Crippen molar-refractivity contribution in [3.63, 3.8) is 0 Å². The quantitative estimate of drug-likeness (QED) is 0.488. The smallest absolute Gasteiger partial charge is 0.255 e. The van der Waals surface area contributed by atoms with Crippen LogP contribution in [0.5, 0.6) is 0 Å². The van der Waals surface area contributed by atoms with Crippen LogP contribution in [0.1, 0.15) is 12.8 Å². The SMILES string of the molecule is CN=C(NCC(F)F)NC1CC1. The summed E-state index contributed by atoms with van der Waals surface area (Å²) in [6.45, 7) is -0.341. The average molecular weight is 177 g/mol. The lowest BCUT2D eigenvalue weighted by Crippen LogP contribution is -2.40. The van der Waals surface area contributed by atoms with Gasteiger partial charge >= 0.3 is 0 Å².